The maximum Gasteiger partial charge on any atom is 0.321 e. The number of aryl methyl sites for hydroxylation is 2. The molecule has 0 atom stereocenters. The third-order valence-corrected chi connectivity index (χ3v) is 6.91. The van der Waals surface area contributed by atoms with Crippen molar-refractivity contribution in [2.75, 3.05) is 57.7 Å². The number of thiazole rings is 1. The molecule has 2 heterocycles. The van der Waals surface area contributed by atoms with Gasteiger partial charge in [-0.15, -0.1) is 0 Å². The van der Waals surface area contributed by atoms with E-state index < -0.39 is 0 Å². The summed E-state index contributed by atoms with van der Waals surface area (Å²) in [4.78, 5) is 21.8. The van der Waals surface area contributed by atoms with Gasteiger partial charge in [-0.25, -0.2) is 9.78 Å². The molecule has 1 aromatic heterocycles. The van der Waals surface area contributed by atoms with Crippen molar-refractivity contribution in [3.05, 3.63) is 35.4 Å². The average Bonchev–Trinajstić information content (AvgIpc) is 3.26. The van der Waals surface area contributed by atoms with Gasteiger partial charge in [0.1, 0.15) is 0 Å². The third-order valence-electron chi connectivity index (χ3n) is 5.83. The number of hydrogen-bond donors (Lipinski definition) is 1. The summed E-state index contributed by atoms with van der Waals surface area (Å²) in [5.74, 6) is 1.48. The smallest absolute Gasteiger partial charge is 0.321 e. The number of nitrogens with one attached hydrogen (secondary N) is 1. The summed E-state index contributed by atoms with van der Waals surface area (Å²) in [5.41, 5.74) is 4.15. The Labute approximate surface area is 191 Å². The van der Waals surface area contributed by atoms with E-state index in [0.29, 0.717) is 36.0 Å². The van der Waals surface area contributed by atoms with Gasteiger partial charge in [-0.2, -0.15) is 0 Å². The van der Waals surface area contributed by atoms with Crippen molar-refractivity contribution in [3.8, 4) is 17.2 Å². The highest BCUT2D eigenvalue weighted by Gasteiger charge is 2.24. The van der Waals surface area contributed by atoms with E-state index >= 15 is 0 Å². The first-order valence-corrected chi connectivity index (χ1v) is 11.2. The summed E-state index contributed by atoms with van der Waals surface area (Å²) < 4.78 is 17.3. The molecular formula is C23H28N4O4S. The van der Waals surface area contributed by atoms with E-state index in [2.05, 4.69) is 36.2 Å². The topological polar surface area (TPSA) is 76.2 Å². The second-order valence-corrected chi connectivity index (χ2v) is 8.68. The highest BCUT2D eigenvalue weighted by Crippen LogP contribution is 2.40. The highest BCUT2D eigenvalue weighted by molar-refractivity contribution is 7.22. The predicted octanol–water partition coefficient (Wildman–Crippen LogP) is 4.29. The molecule has 1 N–H and O–H groups in total. The van der Waals surface area contributed by atoms with Crippen LogP contribution in [0.25, 0.3) is 10.2 Å². The van der Waals surface area contributed by atoms with Gasteiger partial charge in [0.2, 0.25) is 5.75 Å². The predicted molar refractivity (Wildman–Crippen MR) is 128 cm³/mol. The number of piperazine rings is 1. The van der Waals surface area contributed by atoms with E-state index in [4.69, 9.17) is 19.2 Å². The van der Waals surface area contributed by atoms with Crippen LogP contribution in [0, 0.1) is 13.8 Å². The zero-order valence-corrected chi connectivity index (χ0v) is 19.8. The first-order chi connectivity index (χ1) is 15.4. The van der Waals surface area contributed by atoms with Crippen LogP contribution in [0.3, 0.4) is 0 Å². The molecule has 2 aromatic carbocycles. The highest BCUT2D eigenvalue weighted by atomic mass is 32.1. The Kier molecular flexibility index (Phi) is 6.27. The number of aromatic nitrogens is 1. The fourth-order valence-electron chi connectivity index (χ4n) is 3.81. The number of anilines is 2. The second-order valence-electron chi connectivity index (χ2n) is 7.67. The van der Waals surface area contributed by atoms with Crippen LogP contribution in [-0.4, -0.2) is 63.4 Å². The van der Waals surface area contributed by atoms with Crippen molar-refractivity contribution in [2.45, 2.75) is 13.8 Å². The van der Waals surface area contributed by atoms with Crippen LogP contribution in [0.5, 0.6) is 17.2 Å². The molecule has 9 heteroatoms. The van der Waals surface area contributed by atoms with Crippen molar-refractivity contribution in [1.29, 1.82) is 0 Å². The van der Waals surface area contributed by atoms with Crippen LogP contribution in [0.1, 0.15) is 11.1 Å². The standard InChI is InChI=1S/C23H28N4O4S/c1-14-6-7-19-20(15(14)2)25-23(32-19)27-10-8-26(9-11-27)22(28)24-16-12-17(29-3)21(31-5)18(13-16)30-4/h6-7,12-13H,8-11H2,1-5H3,(H,24,28). The molecule has 1 aliphatic heterocycles. The number of hydrogen-bond acceptors (Lipinski definition) is 7. The van der Waals surface area contributed by atoms with Crippen LogP contribution >= 0.6 is 11.3 Å². The number of fused-ring (bicyclic) bond motifs is 1. The molecule has 0 radical (unpaired) electrons. The van der Waals surface area contributed by atoms with Crippen molar-refractivity contribution in [2.24, 2.45) is 0 Å². The van der Waals surface area contributed by atoms with Crippen LogP contribution in [0.4, 0.5) is 15.6 Å². The van der Waals surface area contributed by atoms with Gasteiger partial charge in [-0.05, 0) is 31.0 Å². The molecule has 0 unspecified atom stereocenters. The minimum absolute atomic E-state index is 0.158. The summed E-state index contributed by atoms with van der Waals surface area (Å²) in [6, 6.07) is 7.57. The molecule has 3 aromatic rings. The molecule has 1 aliphatic rings. The maximum atomic E-state index is 12.9. The Balaban J connectivity index is 1.42. The number of urea groups is 1. The van der Waals surface area contributed by atoms with Gasteiger partial charge in [0, 0.05) is 38.3 Å². The molecule has 1 fully saturated rings. The molecule has 8 nitrogen and oxygen atoms in total. The lowest BCUT2D eigenvalue weighted by Gasteiger charge is -2.34. The third kappa shape index (κ3) is 4.12. The second kappa shape index (κ2) is 9.12. The number of carbonyl (C=O) groups excluding carboxylic acids is 1. The van der Waals surface area contributed by atoms with E-state index in [0.717, 1.165) is 23.7 Å². The molecule has 0 saturated carbocycles. The van der Waals surface area contributed by atoms with E-state index in [9.17, 15) is 4.79 Å². The molecule has 0 bridgehead atoms. The van der Waals surface area contributed by atoms with Gasteiger partial charge in [0.25, 0.3) is 0 Å². The molecule has 4 rings (SSSR count). The minimum atomic E-state index is -0.158. The maximum absolute atomic E-state index is 12.9. The Hall–Kier alpha value is -3.20. The molecule has 2 amide bonds. The van der Waals surface area contributed by atoms with Gasteiger partial charge in [0.15, 0.2) is 16.6 Å². The number of methoxy groups -OCH3 is 3. The van der Waals surface area contributed by atoms with Crippen molar-refractivity contribution in [3.63, 3.8) is 0 Å². The minimum Gasteiger partial charge on any atom is -0.493 e. The van der Waals surface area contributed by atoms with Gasteiger partial charge in [-0.3, -0.25) is 0 Å². The monoisotopic (exact) mass is 456 g/mol. The first-order valence-electron chi connectivity index (χ1n) is 10.4. The van der Waals surface area contributed by atoms with E-state index in [1.165, 1.54) is 15.8 Å². The lowest BCUT2D eigenvalue weighted by Crippen LogP contribution is -2.50. The van der Waals surface area contributed by atoms with Crippen molar-refractivity contribution < 1.29 is 19.0 Å². The number of nitrogens with zero attached hydrogens (tertiary/aromatic N) is 3. The SMILES string of the molecule is COc1cc(NC(=O)N2CCN(c3nc4c(C)c(C)ccc4s3)CC2)cc(OC)c1OC. The zero-order valence-electron chi connectivity index (χ0n) is 19.0. The summed E-state index contributed by atoms with van der Waals surface area (Å²) in [6.45, 7) is 6.93. The van der Waals surface area contributed by atoms with Gasteiger partial charge in [-0.1, -0.05) is 17.4 Å². The Bertz CT molecular complexity index is 1110. The molecule has 0 aliphatic carbocycles. The van der Waals surface area contributed by atoms with E-state index in [-0.39, 0.29) is 6.03 Å². The normalized spacial score (nSPS) is 13.9. The van der Waals surface area contributed by atoms with Crippen LogP contribution in [-0.2, 0) is 0 Å². The molecule has 170 valence electrons. The van der Waals surface area contributed by atoms with Gasteiger partial charge >= 0.3 is 6.03 Å². The number of rotatable bonds is 5. The quantitative estimate of drug-likeness (QED) is 0.617. The first kappa shape index (κ1) is 22.0. The lowest BCUT2D eigenvalue weighted by atomic mass is 10.1. The van der Waals surface area contributed by atoms with Crippen molar-refractivity contribution in [1.82, 2.24) is 9.88 Å². The Morgan fingerprint density at radius 2 is 1.66 bits per heavy atom. The van der Waals surface area contributed by atoms with Gasteiger partial charge in [0.05, 0.1) is 37.2 Å². The summed E-state index contributed by atoms with van der Waals surface area (Å²) in [5, 5.41) is 3.95. The number of carbonyl (C=O) groups is 1. The van der Waals surface area contributed by atoms with Gasteiger partial charge < -0.3 is 29.3 Å². The Morgan fingerprint density at radius 3 is 2.25 bits per heavy atom. The van der Waals surface area contributed by atoms with E-state index in [1.54, 1.807) is 44.8 Å². The molecule has 1 saturated heterocycles. The van der Waals surface area contributed by atoms with Crippen molar-refractivity contribution >= 4 is 38.4 Å². The number of ether oxygens (including phenoxy) is 3. The van der Waals surface area contributed by atoms with Crippen LogP contribution in [0.2, 0.25) is 0 Å². The van der Waals surface area contributed by atoms with E-state index in [1.807, 2.05) is 4.90 Å². The fraction of sp³-hybridized carbons (Fsp3) is 0.391. The number of benzene rings is 2. The number of amides is 2. The lowest BCUT2D eigenvalue weighted by molar-refractivity contribution is 0.208. The molecular weight excluding hydrogens is 428 g/mol. The Morgan fingerprint density at radius 1 is 1.00 bits per heavy atom. The fourth-order valence-corrected chi connectivity index (χ4v) is 4.88. The summed E-state index contributed by atoms with van der Waals surface area (Å²) in [6.07, 6.45) is 0. The average molecular weight is 457 g/mol. The van der Waals surface area contributed by atoms with Crippen LogP contribution in [0.15, 0.2) is 24.3 Å². The summed E-state index contributed by atoms with van der Waals surface area (Å²) in [7, 11) is 4.64. The molecule has 0 spiro atoms. The largest absolute Gasteiger partial charge is 0.493 e. The zero-order chi connectivity index (χ0) is 22.8. The van der Waals surface area contributed by atoms with Crippen LogP contribution < -0.4 is 24.4 Å². The summed E-state index contributed by atoms with van der Waals surface area (Å²) >= 11 is 1.71. The molecule has 32 heavy (non-hydrogen) atoms.